The van der Waals surface area contributed by atoms with Crippen LogP contribution < -0.4 is 0 Å². The predicted molar refractivity (Wildman–Crippen MR) is 55.3 cm³/mol. The van der Waals surface area contributed by atoms with E-state index in [1.165, 1.54) is 0 Å². The minimum Gasteiger partial charge on any atom is -0.285 e. The summed E-state index contributed by atoms with van der Waals surface area (Å²) in [6, 6.07) is 3.86. The zero-order chi connectivity index (χ0) is 10.1. The summed E-state index contributed by atoms with van der Waals surface area (Å²) in [6.07, 6.45) is 6.18. The minimum atomic E-state index is 0.744. The molecule has 0 spiro atoms. The molecule has 5 heteroatoms. The smallest absolute Gasteiger partial charge is 0.112 e. The van der Waals surface area contributed by atoms with E-state index in [4.69, 9.17) is 0 Å². The van der Waals surface area contributed by atoms with E-state index in [2.05, 4.69) is 25.4 Å². The number of hydrogen-bond acceptors (Lipinski definition) is 3. The Bertz CT molecular complexity index is 566. The van der Waals surface area contributed by atoms with Crippen molar-refractivity contribution in [1.29, 1.82) is 0 Å². The van der Waals surface area contributed by atoms with Crippen LogP contribution in [-0.2, 0) is 6.42 Å². The number of nitrogens with one attached hydrogen (secondary N) is 2. The third-order valence-corrected chi connectivity index (χ3v) is 2.32. The first-order valence-electron chi connectivity index (χ1n) is 4.69. The Morgan fingerprint density at radius 3 is 3.20 bits per heavy atom. The van der Waals surface area contributed by atoms with Gasteiger partial charge in [0.1, 0.15) is 5.52 Å². The monoisotopic (exact) mass is 199 g/mol. The zero-order valence-corrected chi connectivity index (χ0v) is 7.94. The lowest BCUT2D eigenvalue weighted by molar-refractivity contribution is 1.01. The molecule has 0 saturated carbocycles. The largest absolute Gasteiger partial charge is 0.285 e. The zero-order valence-electron chi connectivity index (χ0n) is 7.94. The van der Waals surface area contributed by atoms with Crippen LogP contribution in [0.3, 0.4) is 0 Å². The van der Waals surface area contributed by atoms with Gasteiger partial charge in [-0.05, 0) is 17.7 Å². The van der Waals surface area contributed by atoms with E-state index in [0.29, 0.717) is 0 Å². The molecule has 3 heterocycles. The van der Waals surface area contributed by atoms with Gasteiger partial charge in [-0.25, -0.2) is 0 Å². The van der Waals surface area contributed by atoms with Crippen molar-refractivity contribution in [3.63, 3.8) is 0 Å². The van der Waals surface area contributed by atoms with Crippen molar-refractivity contribution in [3.05, 3.63) is 42.0 Å². The van der Waals surface area contributed by atoms with Gasteiger partial charge in [-0.3, -0.25) is 15.2 Å². The third kappa shape index (κ3) is 1.38. The van der Waals surface area contributed by atoms with Crippen molar-refractivity contribution >= 4 is 11.0 Å². The molecule has 0 aliphatic carbocycles. The Labute approximate surface area is 85.5 Å². The second-order valence-corrected chi connectivity index (χ2v) is 3.35. The quantitative estimate of drug-likeness (QED) is 0.653. The lowest BCUT2D eigenvalue weighted by atomic mass is 10.2. The topological polar surface area (TPSA) is 70.2 Å². The van der Waals surface area contributed by atoms with Gasteiger partial charge in [0.05, 0.1) is 17.4 Å². The normalized spacial score (nSPS) is 10.9. The van der Waals surface area contributed by atoms with E-state index in [1.807, 2.05) is 18.3 Å². The predicted octanol–water partition coefficient (Wildman–Crippen LogP) is 1.27. The highest BCUT2D eigenvalue weighted by molar-refractivity contribution is 5.76. The molecule has 5 nitrogen and oxygen atoms in total. The summed E-state index contributed by atoms with van der Waals surface area (Å²) in [5.74, 6) is 0. The maximum atomic E-state index is 4.30. The maximum Gasteiger partial charge on any atom is 0.112 e. The highest BCUT2D eigenvalue weighted by atomic mass is 15.1. The van der Waals surface area contributed by atoms with Gasteiger partial charge < -0.3 is 0 Å². The molecular weight excluding hydrogens is 190 g/mol. The van der Waals surface area contributed by atoms with E-state index in [0.717, 1.165) is 28.7 Å². The van der Waals surface area contributed by atoms with E-state index in [1.54, 1.807) is 12.4 Å². The Morgan fingerprint density at radius 2 is 2.33 bits per heavy atom. The lowest BCUT2D eigenvalue weighted by Crippen LogP contribution is -1.88. The molecule has 74 valence electrons. The molecule has 0 saturated heterocycles. The molecule has 15 heavy (non-hydrogen) atoms. The van der Waals surface area contributed by atoms with E-state index >= 15 is 0 Å². The van der Waals surface area contributed by atoms with Crippen LogP contribution in [0.4, 0.5) is 0 Å². The summed E-state index contributed by atoms with van der Waals surface area (Å²) < 4.78 is 0. The number of aromatic nitrogens is 5. The van der Waals surface area contributed by atoms with Gasteiger partial charge >= 0.3 is 0 Å². The molecule has 0 aliphatic rings. The average Bonchev–Trinajstić information content (AvgIpc) is 2.89. The van der Waals surface area contributed by atoms with Crippen molar-refractivity contribution in [2.45, 2.75) is 6.42 Å². The molecule has 0 aromatic carbocycles. The first-order valence-corrected chi connectivity index (χ1v) is 4.69. The van der Waals surface area contributed by atoms with Gasteiger partial charge in [-0.15, -0.1) is 0 Å². The average molecular weight is 199 g/mol. The SMILES string of the molecule is c1cnc2c(Cc3cn[nH]c3)n[nH]c2c1. The van der Waals surface area contributed by atoms with Crippen LogP contribution >= 0.6 is 0 Å². The van der Waals surface area contributed by atoms with Crippen LogP contribution in [0.5, 0.6) is 0 Å². The highest BCUT2D eigenvalue weighted by Crippen LogP contribution is 2.15. The van der Waals surface area contributed by atoms with Crippen LogP contribution in [0.15, 0.2) is 30.7 Å². The van der Waals surface area contributed by atoms with Crippen LogP contribution in [0.1, 0.15) is 11.3 Å². The van der Waals surface area contributed by atoms with Crippen LogP contribution in [0.2, 0.25) is 0 Å². The van der Waals surface area contributed by atoms with Gasteiger partial charge in [0.25, 0.3) is 0 Å². The van der Waals surface area contributed by atoms with Crippen molar-refractivity contribution in [3.8, 4) is 0 Å². The van der Waals surface area contributed by atoms with E-state index in [-0.39, 0.29) is 0 Å². The van der Waals surface area contributed by atoms with E-state index < -0.39 is 0 Å². The number of rotatable bonds is 2. The Morgan fingerprint density at radius 1 is 1.33 bits per heavy atom. The molecule has 3 aromatic rings. The van der Waals surface area contributed by atoms with Gasteiger partial charge in [0.2, 0.25) is 0 Å². The molecular formula is C10H9N5. The summed E-state index contributed by atoms with van der Waals surface area (Å²) in [6.45, 7) is 0. The summed E-state index contributed by atoms with van der Waals surface area (Å²) in [7, 11) is 0. The summed E-state index contributed by atoms with van der Waals surface area (Å²) in [4.78, 5) is 4.30. The molecule has 0 bridgehead atoms. The number of hydrogen-bond donors (Lipinski definition) is 2. The Balaban J connectivity index is 2.05. The maximum absolute atomic E-state index is 4.30. The van der Waals surface area contributed by atoms with Crippen LogP contribution in [0.25, 0.3) is 11.0 Å². The van der Waals surface area contributed by atoms with Crippen molar-refractivity contribution in [2.24, 2.45) is 0 Å². The first-order chi connectivity index (χ1) is 7.43. The first kappa shape index (κ1) is 8.16. The van der Waals surface area contributed by atoms with Gasteiger partial charge in [-0.1, -0.05) is 0 Å². The van der Waals surface area contributed by atoms with E-state index in [9.17, 15) is 0 Å². The standard InChI is InChI=1S/C10H9N5/c1-2-8-10(11-3-1)9(15-14-8)4-7-5-12-13-6-7/h1-3,5-6H,4H2,(H,12,13)(H,14,15). The molecule has 0 radical (unpaired) electrons. The van der Waals surface area contributed by atoms with Gasteiger partial charge in [-0.2, -0.15) is 10.2 Å². The molecule has 3 rings (SSSR count). The number of pyridine rings is 1. The number of nitrogens with zero attached hydrogens (tertiary/aromatic N) is 3. The van der Waals surface area contributed by atoms with Crippen molar-refractivity contribution in [2.75, 3.05) is 0 Å². The highest BCUT2D eigenvalue weighted by Gasteiger charge is 2.07. The molecule has 0 amide bonds. The van der Waals surface area contributed by atoms with Crippen LogP contribution in [0, 0.1) is 0 Å². The number of aromatic amines is 2. The molecule has 2 N–H and O–H groups in total. The molecule has 0 fully saturated rings. The molecule has 0 aliphatic heterocycles. The Hall–Kier alpha value is -2.17. The third-order valence-electron chi connectivity index (χ3n) is 2.32. The van der Waals surface area contributed by atoms with Crippen LogP contribution in [-0.4, -0.2) is 25.4 Å². The van der Waals surface area contributed by atoms with Gasteiger partial charge in [0.15, 0.2) is 0 Å². The summed E-state index contributed by atoms with van der Waals surface area (Å²) in [5, 5.41) is 13.9. The summed E-state index contributed by atoms with van der Waals surface area (Å²) >= 11 is 0. The molecule has 3 aromatic heterocycles. The minimum absolute atomic E-state index is 0.744. The Kier molecular flexibility index (Phi) is 1.74. The number of fused-ring (bicyclic) bond motifs is 1. The van der Waals surface area contributed by atoms with Crippen molar-refractivity contribution in [1.82, 2.24) is 25.4 Å². The lowest BCUT2D eigenvalue weighted by Gasteiger charge is -1.92. The fraction of sp³-hybridized carbons (Fsp3) is 0.100. The second-order valence-electron chi connectivity index (χ2n) is 3.35. The summed E-state index contributed by atoms with van der Waals surface area (Å²) in [5.41, 5.74) is 3.95. The molecule has 0 atom stereocenters. The fourth-order valence-electron chi connectivity index (χ4n) is 1.60. The van der Waals surface area contributed by atoms with Crippen molar-refractivity contribution < 1.29 is 0 Å². The second kappa shape index (κ2) is 3.20. The molecule has 0 unspecified atom stereocenters. The fourth-order valence-corrected chi connectivity index (χ4v) is 1.60. The van der Waals surface area contributed by atoms with Gasteiger partial charge in [0, 0.05) is 18.8 Å². The number of H-pyrrole nitrogens is 2.